The third-order valence-corrected chi connectivity index (χ3v) is 3.17. The number of carbonyl (C=O) groups excluding carboxylic acids is 1. The van der Waals surface area contributed by atoms with Gasteiger partial charge in [-0.2, -0.15) is 0 Å². The number of esters is 1. The molecule has 3 nitrogen and oxygen atoms in total. The van der Waals surface area contributed by atoms with Crippen LogP contribution >= 0.6 is 0 Å². The van der Waals surface area contributed by atoms with Crippen LogP contribution in [0.15, 0.2) is 42.5 Å². The lowest BCUT2D eigenvalue weighted by atomic mass is 9.99. The van der Waals surface area contributed by atoms with Gasteiger partial charge in [0.15, 0.2) is 0 Å². The predicted octanol–water partition coefficient (Wildman–Crippen LogP) is 4.11. The van der Waals surface area contributed by atoms with E-state index >= 15 is 0 Å². The highest BCUT2D eigenvalue weighted by Crippen LogP contribution is 2.23. The second-order valence-corrected chi connectivity index (χ2v) is 6.44. The van der Waals surface area contributed by atoms with Gasteiger partial charge in [0.25, 0.3) is 0 Å². The largest absolute Gasteiger partial charge is 0.456 e. The Morgan fingerprint density at radius 2 is 1.68 bits per heavy atom. The van der Waals surface area contributed by atoms with Crippen molar-refractivity contribution >= 4 is 5.97 Å². The van der Waals surface area contributed by atoms with Crippen molar-refractivity contribution in [3.05, 3.63) is 59.2 Å². The van der Waals surface area contributed by atoms with Crippen LogP contribution in [0, 0.1) is 6.92 Å². The van der Waals surface area contributed by atoms with Crippen LogP contribution < -0.4 is 0 Å². The van der Waals surface area contributed by atoms with Crippen LogP contribution in [0.2, 0.25) is 0 Å². The van der Waals surface area contributed by atoms with Crippen molar-refractivity contribution in [1.29, 1.82) is 0 Å². The van der Waals surface area contributed by atoms with Gasteiger partial charge in [-0.25, -0.2) is 4.79 Å². The van der Waals surface area contributed by atoms with Crippen LogP contribution in [-0.2, 0) is 11.3 Å². The number of rotatable bonds is 3. The fraction of sp³-hybridized carbons (Fsp3) is 0.316. The first kappa shape index (κ1) is 16.2. The molecule has 0 bridgehead atoms. The highest BCUT2D eigenvalue weighted by atomic mass is 16.6. The van der Waals surface area contributed by atoms with Gasteiger partial charge in [-0.05, 0) is 62.6 Å². The van der Waals surface area contributed by atoms with Crippen LogP contribution in [-0.4, -0.2) is 16.7 Å². The van der Waals surface area contributed by atoms with Crippen molar-refractivity contribution in [2.24, 2.45) is 0 Å². The van der Waals surface area contributed by atoms with Crippen molar-refractivity contribution < 1.29 is 14.6 Å². The zero-order valence-corrected chi connectivity index (χ0v) is 13.5. The minimum absolute atomic E-state index is 0.0185. The smallest absolute Gasteiger partial charge is 0.338 e. The van der Waals surface area contributed by atoms with Gasteiger partial charge in [0.05, 0.1) is 12.2 Å². The SMILES string of the molecule is Cc1cc(CO)cc(-c2ccc(C(=O)OC(C)(C)C)cc2)c1. The Morgan fingerprint density at radius 3 is 2.23 bits per heavy atom. The molecule has 0 aliphatic rings. The molecular formula is C19H22O3. The summed E-state index contributed by atoms with van der Waals surface area (Å²) in [7, 11) is 0. The Balaban J connectivity index is 2.25. The monoisotopic (exact) mass is 298 g/mol. The maximum Gasteiger partial charge on any atom is 0.338 e. The fourth-order valence-corrected chi connectivity index (χ4v) is 2.26. The predicted molar refractivity (Wildman–Crippen MR) is 87.7 cm³/mol. The zero-order chi connectivity index (χ0) is 16.3. The number of ether oxygens (including phenoxy) is 1. The van der Waals surface area contributed by atoms with E-state index in [9.17, 15) is 9.90 Å². The molecule has 0 atom stereocenters. The van der Waals surface area contributed by atoms with Crippen molar-refractivity contribution in [2.45, 2.75) is 39.9 Å². The molecule has 0 aromatic heterocycles. The fourth-order valence-electron chi connectivity index (χ4n) is 2.26. The van der Waals surface area contributed by atoms with E-state index in [1.54, 1.807) is 12.1 Å². The first-order valence-electron chi connectivity index (χ1n) is 7.34. The second kappa shape index (κ2) is 6.32. The molecule has 0 aliphatic carbocycles. The summed E-state index contributed by atoms with van der Waals surface area (Å²) in [5.74, 6) is -0.320. The van der Waals surface area contributed by atoms with E-state index in [1.165, 1.54) is 0 Å². The van der Waals surface area contributed by atoms with E-state index in [0.29, 0.717) is 5.56 Å². The maximum absolute atomic E-state index is 12.0. The van der Waals surface area contributed by atoms with Crippen LogP contribution in [0.5, 0.6) is 0 Å². The lowest BCUT2D eigenvalue weighted by molar-refractivity contribution is 0.00695. The van der Waals surface area contributed by atoms with Crippen molar-refractivity contribution in [1.82, 2.24) is 0 Å². The molecule has 0 saturated heterocycles. The molecule has 0 saturated carbocycles. The van der Waals surface area contributed by atoms with Gasteiger partial charge in [-0.3, -0.25) is 0 Å². The van der Waals surface area contributed by atoms with E-state index in [-0.39, 0.29) is 12.6 Å². The molecular weight excluding hydrogens is 276 g/mol. The summed E-state index contributed by atoms with van der Waals surface area (Å²) >= 11 is 0. The summed E-state index contributed by atoms with van der Waals surface area (Å²) in [5.41, 5.74) is 4.05. The number of hydrogen-bond donors (Lipinski definition) is 1. The molecule has 0 amide bonds. The lowest BCUT2D eigenvalue weighted by Gasteiger charge is -2.19. The normalized spacial score (nSPS) is 11.3. The molecule has 1 N–H and O–H groups in total. The molecule has 0 aliphatic heterocycles. The minimum Gasteiger partial charge on any atom is -0.456 e. The topological polar surface area (TPSA) is 46.5 Å². The van der Waals surface area contributed by atoms with Crippen molar-refractivity contribution in [3.63, 3.8) is 0 Å². The molecule has 3 heteroatoms. The van der Waals surface area contributed by atoms with E-state index in [4.69, 9.17) is 4.74 Å². The molecule has 0 fully saturated rings. The van der Waals surface area contributed by atoms with E-state index in [2.05, 4.69) is 6.07 Å². The number of carbonyl (C=O) groups is 1. The summed E-state index contributed by atoms with van der Waals surface area (Å²) in [6.07, 6.45) is 0. The average Bonchev–Trinajstić information content (AvgIpc) is 2.45. The standard InChI is InChI=1S/C19H22O3/c1-13-9-14(12-20)11-17(10-13)15-5-7-16(8-6-15)18(21)22-19(2,3)4/h5-11,20H,12H2,1-4H3. The molecule has 2 rings (SSSR count). The summed E-state index contributed by atoms with van der Waals surface area (Å²) < 4.78 is 5.35. The molecule has 0 unspecified atom stereocenters. The van der Waals surface area contributed by atoms with Gasteiger partial charge in [0.2, 0.25) is 0 Å². The van der Waals surface area contributed by atoms with E-state index < -0.39 is 5.60 Å². The highest BCUT2D eigenvalue weighted by molar-refractivity contribution is 5.90. The Hall–Kier alpha value is -2.13. The Morgan fingerprint density at radius 1 is 1.05 bits per heavy atom. The molecule has 0 radical (unpaired) electrons. The van der Waals surface area contributed by atoms with Crippen molar-refractivity contribution in [3.8, 4) is 11.1 Å². The van der Waals surface area contributed by atoms with Crippen LogP contribution in [0.3, 0.4) is 0 Å². The van der Waals surface area contributed by atoms with Gasteiger partial charge >= 0.3 is 5.97 Å². The Kier molecular flexibility index (Phi) is 4.67. The molecule has 22 heavy (non-hydrogen) atoms. The van der Waals surface area contributed by atoms with Crippen LogP contribution in [0.1, 0.15) is 42.3 Å². The maximum atomic E-state index is 12.0. The van der Waals surface area contributed by atoms with Gasteiger partial charge in [0.1, 0.15) is 5.60 Å². The number of aryl methyl sites for hydroxylation is 1. The van der Waals surface area contributed by atoms with Gasteiger partial charge < -0.3 is 9.84 Å². The second-order valence-electron chi connectivity index (χ2n) is 6.44. The Labute approximate surface area is 131 Å². The molecule has 2 aromatic carbocycles. The van der Waals surface area contributed by atoms with Crippen LogP contribution in [0.25, 0.3) is 11.1 Å². The molecule has 116 valence electrons. The van der Waals surface area contributed by atoms with Gasteiger partial charge in [-0.15, -0.1) is 0 Å². The number of aliphatic hydroxyl groups excluding tert-OH is 1. The van der Waals surface area contributed by atoms with E-state index in [1.807, 2.05) is 52.0 Å². The molecule has 0 spiro atoms. The summed E-state index contributed by atoms with van der Waals surface area (Å²) in [6, 6.07) is 13.3. The number of benzene rings is 2. The van der Waals surface area contributed by atoms with Gasteiger partial charge in [-0.1, -0.05) is 29.8 Å². The van der Waals surface area contributed by atoms with Crippen LogP contribution in [0.4, 0.5) is 0 Å². The first-order valence-corrected chi connectivity index (χ1v) is 7.34. The zero-order valence-electron chi connectivity index (χ0n) is 13.5. The lowest BCUT2D eigenvalue weighted by Crippen LogP contribution is -2.23. The highest BCUT2D eigenvalue weighted by Gasteiger charge is 2.17. The quantitative estimate of drug-likeness (QED) is 0.867. The third-order valence-electron chi connectivity index (χ3n) is 3.17. The minimum atomic E-state index is -0.498. The number of aliphatic hydroxyl groups is 1. The first-order chi connectivity index (χ1) is 10.3. The number of hydrogen-bond acceptors (Lipinski definition) is 3. The van der Waals surface area contributed by atoms with Gasteiger partial charge in [0, 0.05) is 0 Å². The Bertz CT molecular complexity index is 664. The summed E-state index contributed by atoms with van der Waals surface area (Å²) in [4.78, 5) is 12.0. The molecule has 0 heterocycles. The van der Waals surface area contributed by atoms with E-state index in [0.717, 1.165) is 22.3 Å². The average molecular weight is 298 g/mol. The van der Waals surface area contributed by atoms with Crippen molar-refractivity contribution in [2.75, 3.05) is 0 Å². The molecule has 2 aromatic rings. The third kappa shape index (κ3) is 4.18. The summed E-state index contributed by atoms with van der Waals surface area (Å²) in [6.45, 7) is 7.57. The summed E-state index contributed by atoms with van der Waals surface area (Å²) in [5, 5.41) is 9.30.